The van der Waals surface area contributed by atoms with Crippen LogP contribution in [0.1, 0.15) is 75.8 Å². The van der Waals surface area contributed by atoms with Crippen molar-refractivity contribution >= 4 is 34.3 Å². The molecule has 10 heteroatoms. The first-order chi connectivity index (χ1) is 17.9. The van der Waals surface area contributed by atoms with Crippen molar-refractivity contribution in [3.63, 3.8) is 0 Å². The number of hydrogen-bond acceptors (Lipinski definition) is 7. The normalized spacial score (nSPS) is 16.3. The SMILES string of the molecule is CC(C)(C)OC(=O)C(C)(C)N1Cc2cc(Nc3nn([C@@H](CC#N)C4CC4)c4cc[nH]c(=O)c34)ccc2C1=O. The average Bonchev–Trinajstić information content (AvgIpc) is 3.54. The van der Waals surface area contributed by atoms with Gasteiger partial charge >= 0.3 is 5.97 Å². The molecule has 5 rings (SSSR count). The number of carbonyl (C=O) groups is 2. The van der Waals surface area contributed by atoms with Crippen LogP contribution in [-0.4, -0.2) is 42.7 Å². The molecule has 1 amide bonds. The quantitative estimate of drug-likeness (QED) is 0.444. The van der Waals surface area contributed by atoms with E-state index in [1.54, 1.807) is 63.7 Å². The maximum absolute atomic E-state index is 13.2. The molecule has 10 nitrogen and oxygen atoms in total. The van der Waals surface area contributed by atoms with E-state index in [9.17, 15) is 19.6 Å². The number of aromatic nitrogens is 3. The first kappa shape index (κ1) is 25.5. The van der Waals surface area contributed by atoms with Gasteiger partial charge in [-0.25, -0.2) is 4.79 Å². The molecule has 1 atom stereocenters. The third-order valence-electron chi connectivity index (χ3n) is 7.16. The summed E-state index contributed by atoms with van der Waals surface area (Å²) >= 11 is 0. The van der Waals surface area contributed by atoms with E-state index in [1.807, 2.05) is 6.07 Å². The van der Waals surface area contributed by atoms with E-state index >= 15 is 0 Å². The second-order valence-electron chi connectivity index (χ2n) is 11.6. The Bertz CT molecular complexity index is 1530. The number of ether oxygens (including phenoxy) is 1. The van der Waals surface area contributed by atoms with Gasteiger partial charge in [-0.3, -0.25) is 14.3 Å². The number of esters is 1. The molecule has 0 spiro atoms. The highest BCUT2D eigenvalue weighted by Gasteiger charge is 2.44. The van der Waals surface area contributed by atoms with Crippen molar-refractivity contribution in [1.29, 1.82) is 5.26 Å². The van der Waals surface area contributed by atoms with Gasteiger partial charge in [0.1, 0.15) is 16.5 Å². The van der Waals surface area contributed by atoms with Crippen LogP contribution in [0.25, 0.3) is 10.9 Å². The van der Waals surface area contributed by atoms with Crippen LogP contribution in [0.3, 0.4) is 0 Å². The van der Waals surface area contributed by atoms with Crippen molar-refractivity contribution < 1.29 is 14.3 Å². The van der Waals surface area contributed by atoms with Crippen LogP contribution < -0.4 is 10.9 Å². The predicted octanol–water partition coefficient (Wildman–Crippen LogP) is 4.41. The first-order valence-corrected chi connectivity index (χ1v) is 12.8. The molecule has 38 heavy (non-hydrogen) atoms. The third-order valence-corrected chi connectivity index (χ3v) is 7.16. The summed E-state index contributed by atoms with van der Waals surface area (Å²) in [6, 6.07) is 9.29. The first-order valence-electron chi connectivity index (χ1n) is 12.8. The Morgan fingerprint density at radius 3 is 2.63 bits per heavy atom. The molecule has 1 aliphatic heterocycles. The Labute approximate surface area is 220 Å². The van der Waals surface area contributed by atoms with Crippen LogP contribution >= 0.6 is 0 Å². The number of fused-ring (bicyclic) bond motifs is 2. The number of benzene rings is 1. The Balaban J connectivity index is 1.45. The molecular weight excluding hydrogens is 484 g/mol. The zero-order chi connectivity index (χ0) is 27.4. The van der Waals surface area contributed by atoms with Gasteiger partial charge < -0.3 is 19.9 Å². The fourth-order valence-electron chi connectivity index (χ4n) is 4.97. The largest absolute Gasteiger partial charge is 0.458 e. The van der Waals surface area contributed by atoms with Gasteiger partial charge in [0.25, 0.3) is 11.5 Å². The maximum Gasteiger partial charge on any atom is 0.332 e. The summed E-state index contributed by atoms with van der Waals surface area (Å²) in [5, 5.41) is 17.8. The lowest BCUT2D eigenvalue weighted by Crippen LogP contribution is -2.52. The van der Waals surface area contributed by atoms with E-state index in [4.69, 9.17) is 9.84 Å². The second kappa shape index (κ2) is 9.01. The lowest BCUT2D eigenvalue weighted by Gasteiger charge is -2.35. The van der Waals surface area contributed by atoms with Gasteiger partial charge in [-0.2, -0.15) is 10.4 Å². The number of pyridine rings is 1. The number of nitriles is 1. The van der Waals surface area contributed by atoms with Crippen LogP contribution in [0.4, 0.5) is 11.5 Å². The van der Waals surface area contributed by atoms with Crippen molar-refractivity contribution in [3.05, 3.63) is 51.9 Å². The van der Waals surface area contributed by atoms with Crippen LogP contribution in [0, 0.1) is 17.2 Å². The molecule has 1 aliphatic carbocycles. The Hall–Kier alpha value is -4.13. The number of H-pyrrole nitrogens is 1. The van der Waals surface area contributed by atoms with E-state index in [2.05, 4.69) is 16.4 Å². The summed E-state index contributed by atoms with van der Waals surface area (Å²) in [6.07, 6.45) is 3.98. The summed E-state index contributed by atoms with van der Waals surface area (Å²) in [6.45, 7) is 9.01. The Kier molecular flexibility index (Phi) is 6.05. The minimum absolute atomic E-state index is 0.0962. The molecule has 0 saturated heterocycles. The number of carbonyl (C=O) groups excluding carboxylic acids is 2. The van der Waals surface area contributed by atoms with Crippen LogP contribution in [0.15, 0.2) is 35.3 Å². The van der Waals surface area contributed by atoms with Gasteiger partial charge in [0.05, 0.1) is 24.0 Å². The number of nitrogens with one attached hydrogen (secondary N) is 2. The summed E-state index contributed by atoms with van der Waals surface area (Å²) in [4.78, 5) is 43.2. The van der Waals surface area contributed by atoms with Gasteiger partial charge in [0, 0.05) is 24.0 Å². The van der Waals surface area contributed by atoms with Crippen LogP contribution in [-0.2, 0) is 16.1 Å². The molecule has 198 valence electrons. The minimum Gasteiger partial charge on any atom is -0.458 e. The highest BCUT2D eigenvalue weighted by atomic mass is 16.6. The minimum atomic E-state index is -1.15. The van der Waals surface area contributed by atoms with Gasteiger partial charge in [0.2, 0.25) is 0 Å². The van der Waals surface area contributed by atoms with Crippen LogP contribution in [0.2, 0.25) is 0 Å². The summed E-state index contributed by atoms with van der Waals surface area (Å²) < 4.78 is 7.37. The third kappa shape index (κ3) is 4.53. The maximum atomic E-state index is 13.2. The van der Waals surface area contributed by atoms with E-state index in [-0.39, 0.29) is 24.1 Å². The predicted molar refractivity (Wildman–Crippen MR) is 142 cm³/mol. The van der Waals surface area contributed by atoms with Crippen molar-refractivity contribution in [3.8, 4) is 6.07 Å². The zero-order valence-corrected chi connectivity index (χ0v) is 22.3. The molecule has 2 N–H and O–H groups in total. The number of aromatic amines is 1. The van der Waals surface area contributed by atoms with E-state index < -0.39 is 17.1 Å². The number of nitrogens with zero attached hydrogens (tertiary/aromatic N) is 4. The van der Waals surface area contributed by atoms with Crippen molar-refractivity contribution in [2.45, 2.75) is 77.6 Å². The molecular formula is C28H32N6O4. The molecule has 1 aromatic carbocycles. The lowest BCUT2D eigenvalue weighted by molar-refractivity contribution is -0.166. The number of hydrogen-bond donors (Lipinski definition) is 2. The molecule has 2 aromatic heterocycles. The molecule has 0 radical (unpaired) electrons. The van der Waals surface area contributed by atoms with Crippen LogP contribution in [0.5, 0.6) is 0 Å². The van der Waals surface area contributed by atoms with Gasteiger partial charge in [0.15, 0.2) is 5.82 Å². The molecule has 0 unspecified atom stereocenters. The number of amides is 1. The van der Waals surface area contributed by atoms with E-state index in [0.717, 1.165) is 18.4 Å². The average molecular weight is 517 g/mol. The Morgan fingerprint density at radius 2 is 1.97 bits per heavy atom. The molecule has 1 saturated carbocycles. The molecule has 3 heterocycles. The van der Waals surface area contributed by atoms with Crippen molar-refractivity contribution in [2.75, 3.05) is 5.32 Å². The second-order valence-corrected chi connectivity index (χ2v) is 11.6. The number of anilines is 2. The van der Waals surface area contributed by atoms with Crippen molar-refractivity contribution in [2.24, 2.45) is 5.92 Å². The zero-order valence-electron chi connectivity index (χ0n) is 22.3. The van der Waals surface area contributed by atoms with E-state index in [1.165, 1.54) is 4.90 Å². The standard InChI is InChI=1S/C28H32N6O4/c1-27(2,3)38-26(37)28(4,5)33-15-17-14-18(8-9-19(17)25(33)36)31-23-22-21(11-13-30-24(22)35)34(32-23)20(10-12-29)16-6-7-16/h8-9,11,13-14,16,20H,6-7,10,15H2,1-5H3,(H,30,35)(H,31,32)/t20-/m0/s1. The molecule has 2 aliphatic rings. The summed E-state index contributed by atoms with van der Waals surface area (Å²) in [5.41, 5.74) is 0.507. The van der Waals surface area contributed by atoms with Gasteiger partial charge in [-0.05, 0) is 83.2 Å². The monoisotopic (exact) mass is 516 g/mol. The van der Waals surface area contributed by atoms with E-state index in [0.29, 0.717) is 40.3 Å². The fourth-order valence-corrected chi connectivity index (χ4v) is 4.97. The smallest absolute Gasteiger partial charge is 0.332 e. The number of rotatable bonds is 7. The highest BCUT2D eigenvalue weighted by Crippen LogP contribution is 2.43. The molecule has 1 fully saturated rings. The van der Waals surface area contributed by atoms with Gasteiger partial charge in [-0.1, -0.05) is 0 Å². The van der Waals surface area contributed by atoms with Gasteiger partial charge in [-0.15, -0.1) is 0 Å². The highest BCUT2D eigenvalue weighted by molar-refractivity contribution is 6.02. The fraction of sp³-hybridized carbons (Fsp3) is 0.464. The molecule has 0 bridgehead atoms. The Morgan fingerprint density at radius 1 is 1.24 bits per heavy atom. The topological polar surface area (TPSA) is 133 Å². The molecule has 3 aromatic rings. The summed E-state index contributed by atoms with van der Waals surface area (Å²) in [7, 11) is 0. The summed E-state index contributed by atoms with van der Waals surface area (Å²) in [5.74, 6) is 0.0524. The lowest BCUT2D eigenvalue weighted by atomic mass is 10.0. The van der Waals surface area contributed by atoms with Crippen molar-refractivity contribution in [1.82, 2.24) is 19.7 Å².